The molecule has 0 atom stereocenters. The molecule has 0 aromatic heterocycles. The minimum atomic E-state index is -3.57. The molecule has 0 fully saturated rings. The molecular formula is C8H5BF2O2. The quantitative estimate of drug-likeness (QED) is 0.559. The summed E-state index contributed by atoms with van der Waals surface area (Å²) in [4.78, 5) is 0. The molecule has 0 aliphatic carbocycles. The highest BCUT2D eigenvalue weighted by atomic mass is 19.3. The number of aryl methyl sites for hydroxylation is 1. The van der Waals surface area contributed by atoms with Gasteiger partial charge in [-0.3, -0.25) is 0 Å². The summed E-state index contributed by atoms with van der Waals surface area (Å²) in [6.07, 6.45) is -3.57. The average Bonchev–Trinajstić information content (AvgIpc) is 2.24. The molecular weight excluding hydrogens is 177 g/mol. The zero-order valence-corrected chi connectivity index (χ0v) is 6.80. The normalized spacial score (nSPS) is 17.5. The van der Waals surface area contributed by atoms with Crippen molar-refractivity contribution in [2.24, 2.45) is 0 Å². The Morgan fingerprint density at radius 1 is 1.23 bits per heavy atom. The second kappa shape index (κ2) is 2.37. The van der Waals surface area contributed by atoms with E-state index in [-0.39, 0.29) is 11.5 Å². The van der Waals surface area contributed by atoms with Crippen LogP contribution in [0, 0.1) is 6.92 Å². The van der Waals surface area contributed by atoms with Crippen molar-refractivity contribution >= 4 is 13.3 Å². The van der Waals surface area contributed by atoms with Crippen molar-refractivity contribution in [2.75, 3.05) is 0 Å². The zero-order chi connectivity index (χ0) is 9.64. The Balaban J connectivity index is 2.48. The first kappa shape index (κ1) is 8.35. The average molecular weight is 182 g/mol. The lowest BCUT2D eigenvalue weighted by atomic mass is 9.91. The maximum atomic E-state index is 12.5. The molecule has 2 rings (SSSR count). The number of alkyl halides is 2. The van der Waals surface area contributed by atoms with E-state index in [1.807, 2.05) is 0 Å². The summed E-state index contributed by atoms with van der Waals surface area (Å²) in [5.74, 6) is 0.00444. The predicted molar refractivity (Wildman–Crippen MR) is 42.8 cm³/mol. The molecule has 13 heavy (non-hydrogen) atoms. The third-order valence-corrected chi connectivity index (χ3v) is 1.79. The fourth-order valence-corrected chi connectivity index (χ4v) is 1.11. The van der Waals surface area contributed by atoms with E-state index >= 15 is 0 Å². The Labute approximate surface area is 74.9 Å². The Morgan fingerprint density at radius 2 is 1.77 bits per heavy atom. The molecule has 0 bridgehead atoms. The van der Waals surface area contributed by atoms with Crippen molar-refractivity contribution in [1.29, 1.82) is 0 Å². The van der Waals surface area contributed by atoms with Gasteiger partial charge in [0, 0.05) is 0 Å². The van der Waals surface area contributed by atoms with Crippen molar-refractivity contribution in [3.8, 4) is 11.5 Å². The van der Waals surface area contributed by atoms with E-state index in [9.17, 15) is 8.78 Å². The summed E-state index contributed by atoms with van der Waals surface area (Å²) in [5.41, 5.74) is 1.08. The maximum Gasteiger partial charge on any atom is 0.586 e. The molecule has 1 aliphatic heterocycles. The molecule has 1 aromatic carbocycles. The van der Waals surface area contributed by atoms with Gasteiger partial charge in [-0.1, -0.05) is 11.0 Å². The summed E-state index contributed by atoms with van der Waals surface area (Å²) in [6, 6.07) is 2.75. The molecule has 2 nitrogen and oxygen atoms in total. The zero-order valence-electron chi connectivity index (χ0n) is 6.80. The van der Waals surface area contributed by atoms with E-state index in [4.69, 9.17) is 7.85 Å². The summed E-state index contributed by atoms with van der Waals surface area (Å²) < 4.78 is 33.4. The van der Waals surface area contributed by atoms with Gasteiger partial charge in [0.15, 0.2) is 11.5 Å². The highest BCUT2D eigenvalue weighted by Crippen LogP contribution is 2.40. The van der Waals surface area contributed by atoms with Crippen LogP contribution in [-0.4, -0.2) is 14.1 Å². The molecule has 66 valence electrons. The first-order chi connectivity index (χ1) is 5.98. The SMILES string of the molecule is [B]c1cc2c(cc1C)OC(F)(F)O2. The number of halogens is 2. The summed E-state index contributed by atoms with van der Waals surface area (Å²) >= 11 is 0. The second-order valence-electron chi connectivity index (χ2n) is 2.82. The molecule has 2 radical (unpaired) electrons. The summed E-state index contributed by atoms with van der Waals surface area (Å²) in [7, 11) is 5.50. The van der Waals surface area contributed by atoms with Gasteiger partial charge >= 0.3 is 6.29 Å². The van der Waals surface area contributed by atoms with Crippen LogP contribution in [0.1, 0.15) is 5.56 Å². The number of rotatable bonds is 0. The highest BCUT2D eigenvalue weighted by Gasteiger charge is 2.43. The van der Waals surface area contributed by atoms with Gasteiger partial charge in [-0.25, -0.2) is 0 Å². The molecule has 1 heterocycles. The Kier molecular flexibility index (Phi) is 1.52. The number of benzene rings is 1. The number of hydrogen-bond acceptors (Lipinski definition) is 2. The smallest absolute Gasteiger partial charge is 0.395 e. The third-order valence-electron chi connectivity index (χ3n) is 1.79. The van der Waals surface area contributed by atoms with Crippen LogP contribution in [0.15, 0.2) is 12.1 Å². The van der Waals surface area contributed by atoms with Gasteiger partial charge in [-0.05, 0) is 19.1 Å². The Hall–Kier alpha value is -1.26. The van der Waals surface area contributed by atoms with Gasteiger partial charge in [0.05, 0.1) is 0 Å². The molecule has 0 saturated carbocycles. The number of hydrogen-bond donors (Lipinski definition) is 0. The largest absolute Gasteiger partial charge is 0.586 e. The highest BCUT2D eigenvalue weighted by molar-refractivity contribution is 6.33. The Morgan fingerprint density at radius 3 is 2.38 bits per heavy atom. The van der Waals surface area contributed by atoms with E-state index < -0.39 is 6.29 Å². The molecule has 1 aliphatic rings. The summed E-state index contributed by atoms with van der Waals surface area (Å²) in [6.45, 7) is 1.70. The van der Waals surface area contributed by atoms with Gasteiger partial charge in [0.25, 0.3) is 0 Å². The van der Waals surface area contributed by atoms with Crippen molar-refractivity contribution in [3.63, 3.8) is 0 Å². The van der Waals surface area contributed by atoms with Crippen LogP contribution in [0.3, 0.4) is 0 Å². The standard InChI is InChI=1S/C8H5BF2O2/c1-4-2-6-7(3-5(4)9)13-8(10,11)12-6/h2-3H,1H3. The molecule has 0 N–H and O–H groups in total. The van der Waals surface area contributed by atoms with Crippen LogP contribution >= 0.6 is 0 Å². The lowest BCUT2D eigenvalue weighted by Crippen LogP contribution is -2.26. The van der Waals surface area contributed by atoms with E-state index in [2.05, 4.69) is 9.47 Å². The van der Waals surface area contributed by atoms with Gasteiger partial charge in [-0.2, -0.15) is 0 Å². The van der Waals surface area contributed by atoms with Gasteiger partial charge < -0.3 is 9.47 Å². The van der Waals surface area contributed by atoms with Gasteiger partial charge in [0.1, 0.15) is 7.85 Å². The van der Waals surface area contributed by atoms with Crippen LogP contribution in [0.2, 0.25) is 0 Å². The van der Waals surface area contributed by atoms with Crippen LogP contribution in [0.5, 0.6) is 11.5 Å². The fraction of sp³-hybridized carbons (Fsp3) is 0.250. The maximum absolute atomic E-state index is 12.5. The van der Waals surface area contributed by atoms with Crippen molar-refractivity contribution in [1.82, 2.24) is 0 Å². The van der Waals surface area contributed by atoms with Crippen molar-refractivity contribution in [2.45, 2.75) is 13.2 Å². The van der Waals surface area contributed by atoms with E-state index in [0.717, 1.165) is 0 Å². The fourth-order valence-electron chi connectivity index (χ4n) is 1.11. The van der Waals surface area contributed by atoms with Crippen LogP contribution in [0.25, 0.3) is 0 Å². The topological polar surface area (TPSA) is 18.5 Å². The monoisotopic (exact) mass is 182 g/mol. The van der Waals surface area contributed by atoms with Crippen LogP contribution in [0.4, 0.5) is 8.78 Å². The third kappa shape index (κ3) is 1.34. The van der Waals surface area contributed by atoms with Crippen molar-refractivity contribution < 1.29 is 18.3 Å². The first-order valence-corrected chi connectivity index (χ1v) is 3.64. The van der Waals surface area contributed by atoms with E-state index in [1.165, 1.54) is 12.1 Å². The van der Waals surface area contributed by atoms with Crippen LogP contribution < -0.4 is 14.9 Å². The minimum Gasteiger partial charge on any atom is -0.395 e. The van der Waals surface area contributed by atoms with E-state index in [0.29, 0.717) is 11.0 Å². The molecule has 0 spiro atoms. The van der Waals surface area contributed by atoms with E-state index in [1.54, 1.807) is 6.92 Å². The second-order valence-corrected chi connectivity index (χ2v) is 2.82. The lowest BCUT2D eigenvalue weighted by Gasteiger charge is -2.04. The Bertz CT molecular complexity index is 332. The molecule has 0 saturated heterocycles. The first-order valence-electron chi connectivity index (χ1n) is 3.64. The predicted octanol–water partition coefficient (Wildman–Crippen LogP) is 1.11. The van der Waals surface area contributed by atoms with Gasteiger partial charge in [0.2, 0.25) is 0 Å². The van der Waals surface area contributed by atoms with Crippen LogP contribution in [-0.2, 0) is 0 Å². The summed E-state index contributed by atoms with van der Waals surface area (Å²) in [5, 5.41) is 0. The molecule has 0 amide bonds. The van der Waals surface area contributed by atoms with Gasteiger partial charge in [-0.15, -0.1) is 8.78 Å². The number of fused-ring (bicyclic) bond motifs is 1. The lowest BCUT2D eigenvalue weighted by molar-refractivity contribution is -0.286. The van der Waals surface area contributed by atoms with Crippen molar-refractivity contribution in [3.05, 3.63) is 17.7 Å². The molecule has 0 unspecified atom stereocenters. The number of ether oxygens (including phenoxy) is 2. The molecule has 1 aromatic rings. The minimum absolute atomic E-state index is 0.0203. The molecule has 5 heteroatoms.